The summed E-state index contributed by atoms with van der Waals surface area (Å²) in [5.74, 6) is -0.397. The van der Waals surface area contributed by atoms with E-state index in [1.807, 2.05) is 19.9 Å². The zero-order chi connectivity index (χ0) is 19.8. The highest BCUT2D eigenvalue weighted by atomic mass is 19.3. The molecule has 0 spiro atoms. The molecule has 2 rings (SSSR count). The molecular weight excluding hydrogens is 358 g/mol. The zero-order valence-corrected chi connectivity index (χ0v) is 14.9. The minimum Gasteiger partial charge on any atom is -0.484 e. The van der Waals surface area contributed by atoms with Gasteiger partial charge in [0.05, 0.1) is 6.42 Å². The largest absolute Gasteiger partial charge is 0.484 e. The first kappa shape index (κ1) is 20.2. The van der Waals surface area contributed by atoms with Gasteiger partial charge in [0, 0.05) is 0 Å². The molecule has 0 fully saturated rings. The highest BCUT2D eigenvalue weighted by molar-refractivity contribution is 5.83. The average Bonchev–Trinajstić information content (AvgIpc) is 2.58. The molecule has 0 aliphatic carbocycles. The molecule has 0 heterocycles. The summed E-state index contributed by atoms with van der Waals surface area (Å²) in [6, 6.07) is 11.3. The Kier molecular flexibility index (Phi) is 7.10. The second-order valence-electron chi connectivity index (χ2n) is 5.91. The van der Waals surface area contributed by atoms with Crippen molar-refractivity contribution in [2.45, 2.75) is 26.9 Å². The normalized spacial score (nSPS) is 10.4. The van der Waals surface area contributed by atoms with Crippen molar-refractivity contribution >= 4 is 11.8 Å². The first-order chi connectivity index (χ1) is 12.8. The van der Waals surface area contributed by atoms with Crippen LogP contribution in [-0.2, 0) is 16.0 Å². The minimum atomic E-state index is -2.90. The number of alkyl halides is 2. The molecule has 0 saturated carbocycles. The van der Waals surface area contributed by atoms with Gasteiger partial charge in [-0.3, -0.25) is 20.4 Å². The number of aryl methyl sites for hydroxylation is 2. The number of benzene rings is 2. The van der Waals surface area contributed by atoms with Gasteiger partial charge in [-0.05, 0) is 54.8 Å². The topological polar surface area (TPSA) is 76.7 Å². The molecule has 8 heteroatoms. The number of amides is 2. The van der Waals surface area contributed by atoms with E-state index in [1.54, 1.807) is 12.1 Å². The summed E-state index contributed by atoms with van der Waals surface area (Å²) < 4.78 is 33.8. The number of hydrogen-bond acceptors (Lipinski definition) is 4. The van der Waals surface area contributed by atoms with Crippen LogP contribution in [0.15, 0.2) is 42.5 Å². The highest BCUT2D eigenvalue weighted by Crippen LogP contribution is 2.16. The molecule has 0 atom stereocenters. The third kappa shape index (κ3) is 7.31. The van der Waals surface area contributed by atoms with E-state index in [4.69, 9.17) is 4.74 Å². The van der Waals surface area contributed by atoms with E-state index in [2.05, 4.69) is 15.6 Å². The highest BCUT2D eigenvalue weighted by Gasteiger charge is 2.08. The van der Waals surface area contributed by atoms with Crippen molar-refractivity contribution in [3.8, 4) is 11.5 Å². The van der Waals surface area contributed by atoms with Crippen molar-refractivity contribution < 1.29 is 27.8 Å². The van der Waals surface area contributed by atoms with E-state index >= 15 is 0 Å². The Morgan fingerprint density at radius 3 is 2.11 bits per heavy atom. The van der Waals surface area contributed by atoms with E-state index in [-0.39, 0.29) is 18.8 Å². The molecule has 2 amide bonds. The number of carbonyl (C=O) groups excluding carboxylic acids is 2. The van der Waals surface area contributed by atoms with E-state index < -0.39 is 18.4 Å². The second kappa shape index (κ2) is 9.51. The van der Waals surface area contributed by atoms with Crippen LogP contribution in [0, 0.1) is 13.8 Å². The van der Waals surface area contributed by atoms with Gasteiger partial charge in [-0.1, -0.05) is 18.2 Å². The quantitative estimate of drug-likeness (QED) is 0.727. The number of rotatable bonds is 7. The van der Waals surface area contributed by atoms with Crippen LogP contribution in [0.25, 0.3) is 0 Å². The third-order valence-electron chi connectivity index (χ3n) is 3.42. The molecule has 0 saturated heterocycles. The molecule has 27 heavy (non-hydrogen) atoms. The van der Waals surface area contributed by atoms with Gasteiger partial charge in [-0.15, -0.1) is 0 Å². The first-order valence-corrected chi connectivity index (χ1v) is 8.14. The zero-order valence-electron chi connectivity index (χ0n) is 14.9. The Balaban J connectivity index is 1.73. The van der Waals surface area contributed by atoms with Gasteiger partial charge in [0.1, 0.15) is 11.5 Å². The standard InChI is InChI=1S/C19H20F2N2O4/c1-12-7-13(2)9-16(8-12)26-11-18(25)23-22-17(24)10-14-3-5-15(6-4-14)27-19(20)21/h3-9,19H,10-11H2,1-2H3,(H,22,24)(H,23,25). The Bertz CT molecular complexity index is 775. The summed E-state index contributed by atoms with van der Waals surface area (Å²) in [6.45, 7) is 0.696. The van der Waals surface area contributed by atoms with Crippen molar-refractivity contribution in [1.82, 2.24) is 10.9 Å². The van der Waals surface area contributed by atoms with Crippen LogP contribution in [-0.4, -0.2) is 25.0 Å². The second-order valence-corrected chi connectivity index (χ2v) is 5.91. The SMILES string of the molecule is Cc1cc(C)cc(OCC(=O)NNC(=O)Cc2ccc(OC(F)F)cc2)c1. The number of nitrogens with one attached hydrogen (secondary N) is 2. The monoisotopic (exact) mass is 378 g/mol. The van der Waals surface area contributed by atoms with Gasteiger partial charge in [0.15, 0.2) is 6.61 Å². The number of hydrogen-bond donors (Lipinski definition) is 2. The predicted molar refractivity (Wildman–Crippen MR) is 94.5 cm³/mol. The fourth-order valence-electron chi connectivity index (χ4n) is 2.36. The maximum Gasteiger partial charge on any atom is 0.387 e. The Hall–Kier alpha value is -3.16. The first-order valence-electron chi connectivity index (χ1n) is 8.14. The van der Waals surface area contributed by atoms with Crippen molar-refractivity contribution in [2.75, 3.05) is 6.61 Å². The molecule has 2 aromatic rings. The average molecular weight is 378 g/mol. The van der Waals surface area contributed by atoms with Crippen molar-refractivity contribution in [1.29, 1.82) is 0 Å². The fraction of sp³-hybridized carbons (Fsp3) is 0.263. The lowest BCUT2D eigenvalue weighted by Crippen LogP contribution is -2.44. The minimum absolute atomic E-state index is 0.00555. The van der Waals surface area contributed by atoms with Gasteiger partial charge in [0.25, 0.3) is 5.91 Å². The van der Waals surface area contributed by atoms with Gasteiger partial charge in [0.2, 0.25) is 5.91 Å². The molecular formula is C19H20F2N2O4. The Morgan fingerprint density at radius 2 is 1.52 bits per heavy atom. The molecule has 0 aliphatic heterocycles. The molecule has 0 bridgehead atoms. The lowest BCUT2D eigenvalue weighted by molar-refractivity contribution is -0.129. The summed E-state index contributed by atoms with van der Waals surface area (Å²) in [5.41, 5.74) is 7.13. The van der Waals surface area contributed by atoms with Crippen LogP contribution in [0.2, 0.25) is 0 Å². The molecule has 2 aromatic carbocycles. The number of carbonyl (C=O) groups is 2. The predicted octanol–water partition coefficient (Wildman–Crippen LogP) is 2.67. The van der Waals surface area contributed by atoms with Crippen LogP contribution >= 0.6 is 0 Å². The van der Waals surface area contributed by atoms with E-state index in [0.717, 1.165) is 11.1 Å². The van der Waals surface area contributed by atoms with Gasteiger partial charge in [-0.2, -0.15) is 8.78 Å². The lowest BCUT2D eigenvalue weighted by atomic mass is 10.1. The van der Waals surface area contributed by atoms with Gasteiger partial charge in [-0.25, -0.2) is 0 Å². The summed E-state index contributed by atoms with van der Waals surface area (Å²) in [4.78, 5) is 23.6. The van der Waals surface area contributed by atoms with E-state index in [0.29, 0.717) is 11.3 Å². The van der Waals surface area contributed by atoms with Crippen LogP contribution in [0.5, 0.6) is 11.5 Å². The number of hydrazine groups is 1. The maximum atomic E-state index is 12.1. The Morgan fingerprint density at radius 1 is 0.926 bits per heavy atom. The Labute approximate surface area is 155 Å². The molecule has 0 unspecified atom stereocenters. The van der Waals surface area contributed by atoms with Crippen LogP contribution in [0.1, 0.15) is 16.7 Å². The van der Waals surface area contributed by atoms with Gasteiger partial charge >= 0.3 is 6.61 Å². The maximum absolute atomic E-state index is 12.1. The summed E-state index contributed by atoms with van der Waals surface area (Å²) in [7, 11) is 0. The fourth-order valence-corrected chi connectivity index (χ4v) is 2.36. The summed E-state index contributed by atoms with van der Waals surface area (Å²) in [6.07, 6.45) is -0.0346. The number of ether oxygens (including phenoxy) is 2. The lowest BCUT2D eigenvalue weighted by Gasteiger charge is -2.10. The van der Waals surface area contributed by atoms with Crippen LogP contribution < -0.4 is 20.3 Å². The van der Waals surface area contributed by atoms with Crippen molar-refractivity contribution in [2.24, 2.45) is 0 Å². The number of halogens is 2. The smallest absolute Gasteiger partial charge is 0.387 e. The summed E-state index contributed by atoms with van der Waals surface area (Å²) >= 11 is 0. The molecule has 0 aliphatic rings. The molecule has 0 aromatic heterocycles. The molecule has 0 radical (unpaired) electrons. The molecule has 2 N–H and O–H groups in total. The van der Waals surface area contributed by atoms with Gasteiger partial charge < -0.3 is 9.47 Å². The van der Waals surface area contributed by atoms with E-state index in [1.165, 1.54) is 24.3 Å². The van der Waals surface area contributed by atoms with Crippen LogP contribution in [0.3, 0.4) is 0 Å². The summed E-state index contributed by atoms with van der Waals surface area (Å²) in [5, 5.41) is 0. The van der Waals surface area contributed by atoms with E-state index in [9.17, 15) is 18.4 Å². The molecule has 144 valence electrons. The van der Waals surface area contributed by atoms with Crippen molar-refractivity contribution in [3.05, 3.63) is 59.2 Å². The molecule has 6 nitrogen and oxygen atoms in total. The van der Waals surface area contributed by atoms with Crippen molar-refractivity contribution in [3.63, 3.8) is 0 Å². The van der Waals surface area contributed by atoms with Crippen LogP contribution in [0.4, 0.5) is 8.78 Å². The third-order valence-corrected chi connectivity index (χ3v) is 3.42.